The number of hydrogen-bond donors (Lipinski definition) is 1. The standard InChI is InChI=1S/C28H32FN3O5S/c1-4-17-30-28(34)21(2)31(19-22-9-8-12-25(18-22)37-3)27(33)20-32(24-10-6-5-7-11-24)38(35,36)26-15-13-23(29)14-16-26/h5-16,18,21H,4,17,19-20H2,1-3H3,(H,30,34)/t21-/m0/s1. The van der Waals surface area contributed by atoms with Crippen molar-refractivity contribution in [3.63, 3.8) is 0 Å². The average Bonchev–Trinajstić information content (AvgIpc) is 2.93. The van der Waals surface area contributed by atoms with E-state index in [1.807, 2.05) is 6.92 Å². The number of anilines is 1. The van der Waals surface area contributed by atoms with E-state index in [4.69, 9.17) is 4.74 Å². The van der Waals surface area contributed by atoms with Gasteiger partial charge in [-0.1, -0.05) is 37.3 Å². The number of ether oxygens (including phenoxy) is 1. The topological polar surface area (TPSA) is 96.0 Å². The van der Waals surface area contributed by atoms with E-state index < -0.39 is 34.3 Å². The number of nitrogens with zero attached hydrogens (tertiary/aromatic N) is 2. The van der Waals surface area contributed by atoms with Gasteiger partial charge in [-0.2, -0.15) is 0 Å². The van der Waals surface area contributed by atoms with Gasteiger partial charge in [-0.3, -0.25) is 13.9 Å². The molecule has 1 N–H and O–H groups in total. The van der Waals surface area contributed by atoms with Crippen molar-refractivity contribution in [2.75, 3.05) is 24.5 Å². The molecule has 10 heteroatoms. The van der Waals surface area contributed by atoms with Gasteiger partial charge in [0.25, 0.3) is 10.0 Å². The van der Waals surface area contributed by atoms with Gasteiger partial charge in [0.05, 0.1) is 17.7 Å². The number of carbonyl (C=O) groups is 2. The number of nitrogens with one attached hydrogen (secondary N) is 1. The lowest BCUT2D eigenvalue weighted by Gasteiger charge is -2.32. The fourth-order valence-corrected chi connectivity index (χ4v) is 5.22. The molecule has 1 atom stereocenters. The lowest BCUT2D eigenvalue weighted by molar-refractivity contribution is -0.139. The average molecular weight is 542 g/mol. The van der Waals surface area contributed by atoms with Gasteiger partial charge in [0.1, 0.15) is 24.2 Å². The van der Waals surface area contributed by atoms with E-state index >= 15 is 0 Å². The Morgan fingerprint density at radius 2 is 1.68 bits per heavy atom. The maximum atomic E-state index is 13.8. The second-order valence-corrected chi connectivity index (χ2v) is 10.5. The number of rotatable bonds is 12. The molecule has 0 saturated carbocycles. The molecule has 0 aliphatic heterocycles. The van der Waals surface area contributed by atoms with Crippen molar-refractivity contribution >= 4 is 27.5 Å². The Morgan fingerprint density at radius 1 is 1.00 bits per heavy atom. The molecule has 2 amide bonds. The Bertz CT molecular complexity index is 1330. The lowest BCUT2D eigenvalue weighted by Crippen LogP contribution is -2.51. The van der Waals surface area contributed by atoms with Crippen LogP contribution in [-0.4, -0.2) is 51.4 Å². The number of para-hydroxylation sites is 1. The van der Waals surface area contributed by atoms with Gasteiger partial charge in [-0.05, 0) is 67.4 Å². The molecule has 0 radical (unpaired) electrons. The first-order valence-electron chi connectivity index (χ1n) is 12.2. The zero-order valence-electron chi connectivity index (χ0n) is 21.6. The van der Waals surface area contributed by atoms with Crippen molar-refractivity contribution in [1.82, 2.24) is 10.2 Å². The minimum absolute atomic E-state index is 0.0516. The van der Waals surface area contributed by atoms with Gasteiger partial charge in [0.15, 0.2) is 0 Å². The van der Waals surface area contributed by atoms with Gasteiger partial charge >= 0.3 is 0 Å². The van der Waals surface area contributed by atoms with Gasteiger partial charge in [-0.25, -0.2) is 12.8 Å². The van der Waals surface area contributed by atoms with Crippen LogP contribution in [0.25, 0.3) is 0 Å². The number of amides is 2. The minimum atomic E-state index is -4.24. The van der Waals surface area contributed by atoms with Crippen LogP contribution in [0.5, 0.6) is 5.75 Å². The Balaban J connectivity index is 1.99. The molecule has 3 rings (SSSR count). The summed E-state index contributed by atoms with van der Waals surface area (Å²) in [4.78, 5) is 27.8. The van der Waals surface area contributed by atoms with Gasteiger partial charge in [0, 0.05) is 13.1 Å². The van der Waals surface area contributed by atoms with Crippen molar-refractivity contribution < 1.29 is 27.1 Å². The van der Waals surface area contributed by atoms with Crippen LogP contribution in [-0.2, 0) is 26.2 Å². The third-order valence-corrected chi connectivity index (χ3v) is 7.72. The van der Waals surface area contributed by atoms with E-state index in [1.54, 1.807) is 61.5 Å². The molecule has 0 bridgehead atoms. The molecule has 3 aromatic rings. The third-order valence-electron chi connectivity index (χ3n) is 5.93. The molecule has 0 aliphatic carbocycles. The van der Waals surface area contributed by atoms with Crippen molar-refractivity contribution in [3.05, 3.63) is 90.2 Å². The van der Waals surface area contributed by atoms with Crippen molar-refractivity contribution in [1.29, 1.82) is 0 Å². The SMILES string of the molecule is CCCNC(=O)[C@H](C)N(Cc1cccc(OC)c1)C(=O)CN(c1ccccc1)S(=O)(=O)c1ccc(F)cc1. The fraction of sp³-hybridized carbons (Fsp3) is 0.286. The summed E-state index contributed by atoms with van der Waals surface area (Å²) >= 11 is 0. The Labute approximate surface area is 223 Å². The molecule has 0 heterocycles. The largest absolute Gasteiger partial charge is 0.497 e. The van der Waals surface area contributed by atoms with Gasteiger partial charge in [-0.15, -0.1) is 0 Å². The second kappa shape index (κ2) is 13.0. The zero-order chi connectivity index (χ0) is 27.7. The highest BCUT2D eigenvalue weighted by Gasteiger charge is 2.32. The maximum Gasteiger partial charge on any atom is 0.264 e. The predicted molar refractivity (Wildman–Crippen MR) is 144 cm³/mol. The minimum Gasteiger partial charge on any atom is -0.497 e. The molecular weight excluding hydrogens is 509 g/mol. The van der Waals surface area contributed by atoms with E-state index in [-0.39, 0.29) is 23.0 Å². The number of halogens is 1. The Hall–Kier alpha value is -3.92. The third kappa shape index (κ3) is 7.10. The predicted octanol–water partition coefficient (Wildman–Crippen LogP) is 3.97. The molecule has 0 fully saturated rings. The van der Waals surface area contributed by atoms with Gasteiger partial charge in [0.2, 0.25) is 11.8 Å². The quantitative estimate of drug-likeness (QED) is 0.374. The normalized spacial score (nSPS) is 11.9. The molecule has 3 aromatic carbocycles. The summed E-state index contributed by atoms with van der Waals surface area (Å²) in [5.74, 6) is -0.928. The number of carbonyl (C=O) groups excluding carboxylic acids is 2. The zero-order valence-corrected chi connectivity index (χ0v) is 22.4. The summed E-state index contributed by atoms with van der Waals surface area (Å²) in [6.45, 7) is 3.45. The summed E-state index contributed by atoms with van der Waals surface area (Å²) in [7, 11) is -2.72. The van der Waals surface area contributed by atoms with Crippen LogP contribution in [0.3, 0.4) is 0 Å². The number of benzene rings is 3. The van der Waals surface area contributed by atoms with Crippen LogP contribution in [0.15, 0.2) is 83.8 Å². The van der Waals surface area contributed by atoms with Crippen LogP contribution in [0.2, 0.25) is 0 Å². The summed E-state index contributed by atoms with van der Waals surface area (Å²) in [5.41, 5.74) is 0.968. The van der Waals surface area contributed by atoms with E-state index in [0.29, 0.717) is 17.9 Å². The monoisotopic (exact) mass is 541 g/mol. The maximum absolute atomic E-state index is 13.8. The number of sulfonamides is 1. The highest BCUT2D eigenvalue weighted by molar-refractivity contribution is 7.92. The number of hydrogen-bond acceptors (Lipinski definition) is 5. The van der Waals surface area contributed by atoms with E-state index in [2.05, 4.69) is 5.32 Å². The van der Waals surface area contributed by atoms with Crippen LogP contribution in [0.4, 0.5) is 10.1 Å². The molecule has 0 spiro atoms. The molecule has 8 nitrogen and oxygen atoms in total. The van der Waals surface area contributed by atoms with E-state index in [0.717, 1.165) is 35.0 Å². The molecular formula is C28H32FN3O5S. The van der Waals surface area contributed by atoms with Crippen molar-refractivity contribution in [2.45, 2.75) is 37.8 Å². The lowest BCUT2D eigenvalue weighted by atomic mass is 10.1. The first kappa shape index (κ1) is 28.6. The number of methoxy groups -OCH3 is 1. The molecule has 0 unspecified atom stereocenters. The molecule has 0 aromatic heterocycles. The Kier molecular flexibility index (Phi) is 9.84. The summed E-state index contributed by atoms with van der Waals surface area (Å²) in [6.07, 6.45) is 0.722. The summed E-state index contributed by atoms with van der Waals surface area (Å²) < 4.78 is 47.0. The fourth-order valence-electron chi connectivity index (χ4n) is 3.80. The van der Waals surface area contributed by atoms with Crippen molar-refractivity contribution in [2.24, 2.45) is 0 Å². The Morgan fingerprint density at radius 3 is 2.32 bits per heavy atom. The molecule has 202 valence electrons. The first-order valence-corrected chi connectivity index (χ1v) is 13.6. The smallest absolute Gasteiger partial charge is 0.264 e. The highest BCUT2D eigenvalue weighted by Crippen LogP contribution is 2.25. The second-order valence-electron chi connectivity index (χ2n) is 8.64. The van der Waals surface area contributed by atoms with E-state index in [9.17, 15) is 22.4 Å². The molecule has 0 aliphatic rings. The van der Waals surface area contributed by atoms with Crippen molar-refractivity contribution in [3.8, 4) is 5.75 Å². The van der Waals surface area contributed by atoms with Crippen LogP contribution < -0.4 is 14.4 Å². The van der Waals surface area contributed by atoms with Crippen LogP contribution in [0, 0.1) is 5.82 Å². The van der Waals surface area contributed by atoms with Gasteiger partial charge < -0.3 is 15.0 Å². The summed E-state index contributed by atoms with van der Waals surface area (Å²) in [6, 6.07) is 18.8. The summed E-state index contributed by atoms with van der Waals surface area (Å²) in [5, 5.41) is 2.80. The highest BCUT2D eigenvalue weighted by atomic mass is 32.2. The molecule has 38 heavy (non-hydrogen) atoms. The first-order chi connectivity index (χ1) is 18.2. The van der Waals surface area contributed by atoms with Crippen LogP contribution in [0.1, 0.15) is 25.8 Å². The van der Waals surface area contributed by atoms with E-state index in [1.165, 1.54) is 12.0 Å². The molecule has 0 saturated heterocycles. The van der Waals surface area contributed by atoms with Crippen LogP contribution >= 0.6 is 0 Å².